The highest BCUT2D eigenvalue weighted by atomic mass is 79.9. The summed E-state index contributed by atoms with van der Waals surface area (Å²) in [6.45, 7) is 0. The lowest BCUT2D eigenvalue weighted by Gasteiger charge is -2.06. The first-order chi connectivity index (χ1) is 7.34. The predicted octanol–water partition coefficient (Wildman–Crippen LogP) is 3.15. The highest BCUT2D eigenvalue weighted by molar-refractivity contribution is 9.10. The Balaban J connectivity index is 2.13. The van der Waals surface area contributed by atoms with E-state index in [4.69, 9.17) is 0 Å². The molecule has 0 N–H and O–H groups in total. The van der Waals surface area contributed by atoms with E-state index < -0.39 is 0 Å². The molecular weight excluding hydrogens is 254 g/mol. The monoisotopic (exact) mass is 265 g/mol. The molecule has 1 fully saturated rings. The first-order valence-corrected chi connectivity index (χ1v) is 6.14. The first kappa shape index (κ1) is 9.33. The van der Waals surface area contributed by atoms with Gasteiger partial charge in [-0.1, -0.05) is 12.8 Å². The quantitative estimate of drug-likeness (QED) is 0.793. The minimum Gasteiger partial charge on any atom is -0.285 e. The lowest BCUT2D eigenvalue weighted by molar-refractivity contribution is 0.658. The fraction of sp³-hybridized carbons (Fsp3) is 0.455. The third kappa shape index (κ3) is 1.57. The third-order valence-electron chi connectivity index (χ3n) is 3.11. The van der Waals surface area contributed by atoms with Gasteiger partial charge >= 0.3 is 0 Å². The van der Waals surface area contributed by atoms with E-state index in [1.807, 2.05) is 12.1 Å². The molecule has 1 aliphatic carbocycles. The molecule has 0 radical (unpaired) electrons. The van der Waals surface area contributed by atoms with E-state index in [9.17, 15) is 0 Å². The van der Waals surface area contributed by atoms with Crippen LogP contribution in [0.2, 0.25) is 0 Å². The van der Waals surface area contributed by atoms with E-state index in [1.54, 1.807) is 0 Å². The molecule has 3 rings (SSSR count). The molecule has 0 spiro atoms. The van der Waals surface area contributed by atoms with E-state index in [1.165, 1.54) is 25.7 Å². The van der Waals surface area contributed by atoms with Crippen LogP contribution >= 0.6 is 15.9 Å². The summed E-state index contributed by atoms with van der Waals surface area (Å²) in [5.74, 6) is 1.73. The number of hydrogen-bond donors (Lipinski definition) is 0. The van der Waals surface area contributed by atoms with E-state index in [0.29, 0.717) is 5.92 Å². The Morgan fingerprint density at radius 3 is 2.80 bits per heavy atom. The van der Waals surface area contributed by atoms with Gasteiger partial charge in [-0.2, -0.15) is 0 Å². The number of fused-ring (bicyclic) bond motifs is 1. The summed E-state index contributed by atoms with van der Waals surface area (Å²) in [4.78, 5) is 0. The Kier molecular flexibility index (Phi) is 2.24. The van der Waals surface area contributed by atoms with Gasteiger partial charge in [-0.25, -0.2) is 0 Å². The van der Waals surface area contributed by atoms with E-state index in [0.717, 1.165) is 15.9 Å². The van der Waals surface area contributed by atoms with Crippen molar-refractivity contribution < 1.29 is 0 Å². The van der Waals surface area contributed by atoms with Crippen LogP contribution in [-0.4, -0.2) is 14.6 Å². The molecule has 0 amide bonds. The first-order valence-electron chi connectivity index (χ1n) is 5.35. The van der Waals surface area contributed by atoms with E-state index >= 15 is 0 Å². The number of rotatable bonds is 1. The second-order valence-electron chi connectivity index (χ2n) is 4.12. The SMILES string of the molecule is Brc1ccc2nnc(C3CCCC3)n2c1. The molecule has 0 atom stereocenters. The fourth-order valence-electron chi connectivity index (χ4n) is 2.34. The van der Waals surface area contributed by atoms with E-state index in [2.05, 4.69) is 36.7 Å². The topological polar surface area (TPSA) is 30.2 Å². The number of aromatic nitrogens is 3. The molecule has 78 valence electrons. The highest BCUT2D eigenvalue weighted by Crippen LogP contribution is 2.33. The van der Waals surface area contributed by atoms with Crippen LogP contribution in [0.1, 0.15) is 37.4 Å². The van der Waals surface area contributed by atoms with Crippen LogP contribution in [0.3, 0.4) is 0 Å². The fourth-order valence-corrected chi connectivity index (χ4v) is 2.68. The van der Waals surface area contributed by atoms with Crippen molar-refractivity contribution in [1.29, 1.82) is 0 Å². The molecule has 15 heavy (non-hydrogen) atoms. The van der Waals surface area contributed by atoms with Crippen molar-refractivity contribution in [2.24, 2.45) is 0 Å². The highest BCUT2D eigenvalue weighted by Gasteiger charge is 2.21. The number of nitrogens with zero attached hydrogens (tertiary/aromatic N) is 3. The minimum atomic E-state index is 0.606. The van der Waals surface area contributed by atoms with Gasteiger partial charge in [-0.3, -0.25) is 4.40 Å². The van der Waals surface area contributed by atoms with Crippen LogP contribution in [0.15, 0.2) is 22.8 Å². The molecule has 0 aromatic carbocycles. The van der Waals surface area contributed by atoms with Crippen molar-refractivity contribution in [3.05, 3.63) is 28.6 Å². The van der Waals surface area contributed by atoms with Gasteiger partial charge in [0.05, 0.1) is 0 Å². The van der Waals surface area contributed by atoms with Gasteiger partial charge in [0.15, 0.2) is 5.65 Å². The Hall–Kier alpha value is -0.900. The van der Waals surface area contributed by atoms with Crippen molar-refractivity contribution in [3.63, 3.8) is 0 Å². The zero-order valence-electron chi connectivity index (χ0n) is 8.36. The van der Waals surface area contributed by atoms with Gasteiger partial charge in [0.2, 0.25) is 0 Å². The molecule has 1 aliphatic rings. The average Bonchev–Trinajstić information content (AvgIpc) is 2.83. The molecule has 0 bridgehead atoms. The van der Waals surface area contributed by atoms with Crippen LogP contribution in [0.25, 0.3) is 5.65 Å². The van der Waals surface area contributed by atoms with Crippen molar-refractivity contribution in [3.8, 4) is 0 Å². The second-order valence-corrected chi connectivity index (χ2v) is 5.03. The molecule has 2 aromatic rings. The van der Waals surface area contributed by atoms with Crippen LogP contribution in [0.4, 0.5) is 0 Å². The van der Waals surface area contributed by atoms with Crippen LogP contribution in [0, 0.1) is 0 Å². The minimum absolute atomic E-state index is 0.606. The third-order valence-corrected chi connectivity index (χ3v) is 3.58. The summed E-state index contributed by atoms with van der Waals surface area (Å²) in [5.41, 5.74) is 0.945. The second kappa shape index (κ2) is 3.59. The summed E-state index contributed by atoms with van der Waals surface area (Å²) in [6, 6.07) is 4.00. The smallest absolute Gasteiger partial charge is 0.160 e. The maximum absolute atomic E-state index is 4.31. The van der Waals surface area contributed by atoms with Crippen molar-refractivity contribution in [2.75, 3.05) is 0 Å². The Morgan fingerprint density at radius 2 is 2.00 bits per heavy atom. The van der Waals surface area contributed by atoms with Gasteiger partial charge in [0.25, 0.3) is 0 Å². The van der Waals surface area contributed by atoms with Gasteiger partial charge in [-0.15, -0.1) is 10.2 Å². The van der Waals surface area contributed by atoms with Crippen LogP contribution in [-0.2, 0) is 0 Å². The van der Waals surface area contributed by atoms with Crippen molar-refractivity contribution in [2.45, 2.75) is 31.6 Å². The zero-order valence-corrected chi connectivity index (χ0v) is 9.94. The molecule has 2 aromatic heterocycles. The van der Waals surface area contributed by atoms with Gasteiger partial charge in [0, 0.05) is 16.6 Å². The molecule has 3 nitrogen and oxygen atoms in total. The molecule has 0 aliphatic heterocycles. The Bertz CT molecular complexity index is 486. The number of hydrogen-bond acceptors (Lipinski definition) is 2. The lowest BCUT2D eigenvalue weighted by Crippen LogP contribution is -1.99. The Morgan fingerprint density at radius 1 is 1.20 bits per heavy atom. The lowest BCUT2D eigenvalue weighted by atomic mass is 10.1. The van der Waals surface area contributed by atoms with Crippen LogP contribution in [0.5, 0.6) is 0 Å². The maximum Gasteiger partial charge on any atom is 0.160 e. The molecule has 1 saturated carbocycles. The Labute approximate surface area is 96.6 Å². The van der Waals surface area contributed by atoms with Crippen molar-refractivity contribution >= 4 is 21.6 Å². The summed E-state index contributed by atoms with van der Waals surface area (Å²) in [7, 11) is 0. The zero-order chi connectivity index (χ0) is 10.3. The normalized spacial score (nSPS) is 17.7. The standard InChI is InChI=1S/C11H12BrN3/c12-9-5-6-10-13-14-11(15(10)7-9)8-3-1-2-4-8/h5-8H,1-4H2. The summed E-state index contributed by atoms with van der Waals surface area (Å²) in [5, 5.41) is 8.51. The van der Waals surface area contributed by atoms with Crippen LogP contribution < -0.4 is 0 Å². The van der Waals surface area contributed by atoms with Gasteiger partial charge in [-0.05, 0) is 40.9 Å². The molecular formula is C11H12BrN3. The largest absolute Gasteiger partial charge is 0.285 e. The molecule has 4 heteroatoms. The van der Waals surface area contributed by atoms with E-state index in [-0.39, 0.29) is 0 Å². The number of halogens is 1. The van der Waals surface area contributed by atoms with Gasteiger partial charge in [0.1, 0.15) is 5.82 Å². The average molecular weight is 266 g/mol. The summed E-state index contributed by atoms with van der Waals surface area (Å²) >= 11 is 3.48. The molecule has 2 heterocycles. The van der Waals surface area contributed by atoms with Gasteiger partial charge < -0.3 is 0 Å². The summed E-state index contributed by atoms with van der Waals surface area (Å²) < 4.78 is 3.19. The molecule has 0 unspecified atom stereocenters. The maximum atomic E-state index is 4.31. The summed E-state index contributed by atoms with van der Waals surface area (Å²) in [6.07, 6.45) is 7.23. The van der Waals surface area contributed by atoms with Crippen molar-refractivity contribution in [1.82, 2.24) is 14.6 Å². The molecule has 0 saturated heterocycles. The predicted molar refractivity (Wildman–Crippen MR) is 61.9 cm³/mol. The number of pyridine rings is 1.